The second-order valence-electron chi connectivity index (χ2n) is 3.59. The van der Waals surface area contributed by atoms with Crippen LogP contribution in [0.2, 0.25) is 0 Å². The van der Waals surface area contributed by atoms with Crippen molar-refractivity contribution in [1.82, 2.24) is 0 Å². The van der Waals surface area contributed by atoms with Gasteiger partial charge in [-0.05, 0) is 30.7 Å². The summed E-state index contributed by atoms with van der Waals surface area (Å²) >= 11 is 0. The molecule has 0 fully saturated rings. The second-order valence-corrected chi connectivity index (χ2v) is 3.59. The van der Waals surface area contributed by atoms with Crippen LogP contribution in [-0.4, -0.2) is 12.3 Å². The number of nitrogens with two attached hydrogens (primary N) is 1. The van der Waals surface area contributed by atoms with Crippen molar-refractivity contribution in [2.24, 2.45) is 11.7 Å². The number of rotatable bonds is 4. The first-order chi connectivity index (χ1) is 7.04. The number of benzene rings is 1. The fourth-order valence-corrected chi connectivity index (χ4v) is 1.22. The molecule has 0 bridgehead atoms. The molecule has 0 heterocycles. The van der Waals surface area contributed by atoms with Gasteiger partial charge in [-0.15, -0.1) is 0 Å². The van der Waals surface area contributed by atoms with Crippen LogP contribution in [0.4, 0.5) is 8.78 Å². The van der Waals surface area contributed by atoms with Crippen molar-refractivity contribution in [2.75, 3.05) is 6.54 Å². The van der Waals surface area contributed by atoms with Gasteiger partial charge in [0.2, 0.25) is 0 Å². The second kappa shape index (κ2) is 4.98. The molecule has 0 aliphatic rings. The highest BCUT2D eigenvalue weighted by molar-refractivity contribution is 5.96. The number of hydrogen-bond acceptors (Lipinski definition) is 2. The van der Waals surface area contributed by atoms with Crippen LogP contribution in [0.15, 0.2) is 18.2 Å². The molecule has 0 spiro atoms. The van der Waals surface area contributed by atoms with Gasteiger partial charge in [-0.1, -0.05) is 6.92 Å². The molecule has 15 heavy (non-hydrogen) atoms. The van der Waals surface area contributed by atoms with Crippen LogP contribution in [0.3, 0.4) is 0 Å². The van der Waals surface area contributed by atoms with E-state index in [0.29, 0.717) is 6.54 Å². The third-order valence-electron chi connectivity index (χ3n) is 2.17. The summed E-state index contributed by atoms with van der Waals surface area (Å²) in [5.41, 5.74) is 5.15. The minimum Gasteiger partial charge on any atom is -0.330 e. The zero-order valence-corrected chi connectivity index (χ0v) is 8.47. The first kappa shape index (κ1) is 11.8. The van der Waals surface area contributed by atoms with Gasteiger partial charge in [0.15, 0.2) is 5.78 Å². The van der Waals surface area contributed by atoms with E-state index in [9.17, 15) is 13.6 Å². The maximum absolute atomic E-state index is 13.2. The van der Waals surface area contributed by atoms with Gasteiger partial charge < -0.3 is 5.73 Å². The van der Waals surface area contributed by atoms with Crippen LogP contribution >= 0.6 is 0 Å². The number of Topliss-reactive ketones (excluding diaryl/α,β-unsaturated/α-hetero) is 1. The average molecular weight is 213 g/mol. The number of ketones is 1. The summed E-state index contributed by atoms with van der Waals surface area (Å²) in [5.74, 6) is -1.74. The van der Waals surface area contributed by atoms with Gasteiger partial charge in [-0.2, -0.15) is 0 Å². The molecule has 0 saturated carbocycles. The van der Waals surface area contributed by atoms with E-state index in [0.717, 1.165) is 18.2 Å². The van der Waals surface area contributed by atoms with Gasteiger partial charge in [-0.3, -0.25) is 4.79 Å². The van der Waals surface area contributed by atoms with E-state index in [1.165, 1.54) is 0 Å². The van der Waals surface area contributed by atoms with Gasteiger partial charge in [0.25, 0.3) is 0 Å². The Labute approximate surface area is 87.1 Å². The quantitative estimate of drug-likeness (QED) is 0.778. The Balaban J connectivity index is 2.86. The number of halogens is 2. The van der Waals surface area contributed by atoms with Crippen LogP contribution in [0, 0.1) is 17.6 Å². The molecule has 0 amide bonds. The SMILES string of the molecule is CC(CN)CC(=O)c1cc(F)ccc1F. The Morgan fingerprint density at radius 2 is 2.13 bits per heavy atom. The van der Waals surface area contributed by atoms with Gasteiger partial charge >= 0.3 is 0 Å². The smallest absolute Gasteiger partial charge is 0.166 e. The van der Waals surface area contributed by atoms with E-state index in [2.05, 4.69) is 0 Å². The fraction of sp³-hybridized carbons (Fsp3) is 0.364. The third kappa shape index (κ3) is 3.09. The van der Waals surface area contributed by atoms with E-state index in [1.54, 1.807) is 6.92 Å². The molecule has 1 rings (SSSR count). The topological polar surface area (TPSA) is 43.1 Å². The number of hydrogen-bond donors (Lipinski definition) is 1. The molecule has 0 radical (unpaired) electrons. The first-order valence-electron chi connectivity index (χ1n) is 4.73. The van der Waals surface area contributed by atoms with Crippen molar-refractivity contribution < 1.29 is 13.6 Å². The van der Waals surface area contributed by atoms with Gasteiger partial charge in [-0.25, -0.2) is 8.78 Å². The molecule has 4 heteroatoms. The van der Waals surface area contributed by atoms with Crippen LogP contribution in [-0.2, 0) is 0 Å². The maximum atomic E-state index is 13.2. The van der Waals surface area contributed by atoms with Gasteiger partial charge in [0.05, 0.1) is 5.56 Å². The summed E-state index contributed by atoms with van der Waals surface area (Å²) in [4.78, 5) is 11.5. The molecule has 2 N–H and O–H groups in total. The van der Waals surface area contributed by atoms with Gasteiger partial charge in [0, 0.05) is 6.42 Å². The minimum absolute atomic E-state index is 0.0276. The summed E-state index contributed by atoms with van der Waals surface area (Å²) in [6.45, 7) is 2.14. The third-order valence-corrected chi connectivity index (χ3v) is 2.17. The molecule has 1 aromatic carbocycles. The zero-order valence-electron chi connectivity index (χ0n) is 8.47. The largest absolute Gasteiger partial charge is 0.330 e. The summed E-state index contributed by atoms with van der Waals surface area (Å²) in [7, 11) is 0. The van der Waals surface area contributed by atoms with E-state index >= 15 is 0 Å². The van der Waals surface area contributed by atoms with Crippen molar-refractivity contribution >= 4 is 5.78 Å². The average Bonchev–Trinajstić information content (AvgIpc) is 2.21. The lowest BCUT2D eigenvalue weighted by atomic mass is 9.99. The highest BCUT2D eigenvalue weighted by atomic mass is 19.1. The van der Waals surface area contributed by atoms with Crippen molar-refractivity contribution in [2.45, 2.75) is 13.3 Å². The highest BCUT2D eigenvalue weighted by Gasteiger charge is 2.15. The maximum Gasteiger partial charge on any atom is 0.166 e. The highest BCUT2D eigenvalue weighted by Crippen LogP contribution is 2.14. The molecule has 1 aromatic rings. The van der Waals surface area contributed by atoms with E-state index in [4.69, 9.17) is 5.73 Å². The van der Waals surface area contributed by atoms with Crippen LogP contribution in [0.1, 0.15) is 23.7 Å². The summed E-state index contributed by atoms with van der Waals surface area (Å²) in [6, 6.07) is 2.86. The minimum atomic E-state index is -0.689. The molecule has 0 aliphatic carbocycles. The van der Waals surface area contributed by atoms with Crippen molar-refractivity contribution in [3.63, 3.8) is 0 Å². The van der Waals surface area contributed by atoms with Crippen molar-refractivity contribution in [1.29, 1.82) is 0 Å². The molecule has 82 valence electrons. The molecular weight excluding hydrogens is 200 g/mol. The lowest BCUT2D eigenvalue weighted by Gasteiger charge is -2.07. The fourth-order valence-electron chi connectivity index (χ4n) is 1.22. The predicted octanol–water partition coefficient (Wildman–Crippen LogP) is 2.13. The van der Waals surface area contributed by atoms with Crippen molar-refractivity contribution in [3.05, 3.63) is 35.4 Å². The Kier molecular flexibility index (Phi) is 3.91. The molecule has 1 atom stereocenters. The number of carbonyl (C=O) groups is 1. The van der Waals surface area contributed by atoms with E-state index in [-0.39, 0.29) is 17.9 Å². The molecule has 1 unspecified atom stereocenters. The van der Waals surface area contributed by atoms with Crippen LogP contribution in [0.25, 0.3) is 0 Å². The Morgan fingerprint density at radius 1 is 1.47 bits per heavy atom. The standard InChI is InChI=1S/C11H13F2NO/c1-7(6-14)4-11(15)9-5-8(12)2-3-10(9)13/h2-3,5,7H,4,6,14H2,1H3. The number of carbonyl (C=O) groups excluding carboxylic acids is 1. The summed E-state index contributed by atoms with van der Waals surface area (Å²) < 4.78 is 25.9. The Bertz CT molecular complexity index is 366. The molecule has 0 saturated heterocycles. The molecule has 0 aromatic heterocycles. The lowest BCUT2D eigenvalue weighted by Crippen LogP contribution is -2.16. The summed E-state index contributed by atoms with van der Waals surface area (Å²) in [6.07, 6.45) is 0.136. The lowest BCUT2D eigenvalue weighted by molar-refractivity contribution is 0.0961. The Morgan fingerprint density at radius 3 is 2.73 bits per heavy atom. The Hall–Kier alpha value is -1.29. The summed E-state index contributed by atoms with van der Waals surface area (Å²) in [5, 5.41) is 0. The first-order valence-corrected chi connectivity index (χ1v) is 4.73. The van der Waals surface area contributed by atoms with Crippen LogP contribution < -0.4 is 5.73 Å². The molecule has 0 aliphatic heterocycles. The van der Waals surface area contributed by atoms with Gasteiger partial charge in [0.1, 0.15) is 11.6 Å². The van der Waals surface area contributed by atoms with Crippen molar-refractivity contribution in [3.8, 4) is 0 Å². The monoisotopic (exact) mass is 213 g/mol. The zero-order chi connectivity index (χ0) is 11.4. The molecular formula is C11H13F2NO. The van der Waals surface area contributed by atoms with E-state index in [1.807, 2.05) is 0 Å². The van der Waals surface area contributed by atoms with Crippen LogP contribution in [0.5, 0.6) is 0 Å². The normalized spacial score (nSPS) is 12.5. The van der Waals surface area contributed by atoms with E-state index < -0.39 is 17.4 Å². The predicted molar refractivity (Wildman–Crippen MR) is 53.5 cm³/mol. The molecule has 2 nitrogen and oxygen atoms in total.